The molecule has 0 aliphatic heterocycles. The molecule has 4 nitrogen and oxygen atoms in total. The first-order chi connectivity index (χ1) is 9.15. The Morgan fingerprint density at radius 2 is 2.11 bits per heavy atom. The maximum Gasteiger partial charge on any atom is 0.140 e. The Morgan fingerprint density at radius 1 is 1.42 bits per heavy atom. The lowest BCUT2D eigenvalue weighted by molar-refractivity contribution is 0.699. The van der Waals surface area contributed by atoms with Crippen LogP contribution in [0.4, 0.5) is 5.82 Å². The zero-order chi connectivity index (χ0) is 13.8. The van der Waals surface area contributed by atoms with E-state index in [-0.39, 0.29) is 0 Å². The van der Waals surface area contributed by atoms with Gasteiger partial charge in [0.05, 0.1) is 12.2 Å². The maximum atomic E-state index is 9.19. The molecule has 0 saturated carbocycles. The molecular weight excluding hydrogens is 236 g/mol. The SMILES string of the molecule is C=CCn1nc(Cc2ccc(C)cc2)c(C#N)c1N. The molecule has 0 bridgehead atoms. The third-order valence-corrected chi connectivity index (χ3v) is 2.97. The van der Waals surface area contributed by atoms with E-state index in [4.69, 9.17) is 5.73 Å². The molecular formula is C15H16N4. The largest absolute Gasteiger partial charge is 0.383 e. The molecule has 1 aromatic heterocycles. The molecule has 2 N–H and O–H groups in total. The van der Waals surface area contributed by atoms with Gasteiger partial charge in [-0.3, -0.25) is 0 Å². The minimum absolute atomic E-state index is 0.407. The van der Waals surface area contributed by atoms with Crippen molar-refractivity contribution >= 4 is 5.82 Å². The number of nitriles is 1. The Morgan fingerprint density at radius 3 is 2.68 bits per heavy atom. The van der Waals surface area contributed by atoms with Gasteiger partial charge in [0.1, 0.15) is 17.5 Å². The highest BCUT2D eigenvalue weighted by Gasteiger charge is 2.14. The number of aryl methyl sites for hydroxylation is 1. The zero-order valence-corrected chi connectivity index (χ0v) is 10.9. The van der Waals surface area contributed by atoms with Gasteiger partial charge >= 0.3 is 0 Å². The van der Waals surface area contributed by atoms with Crippen LogP contribution >= 0.6 is 0 Å². The van der Waals surface area contributed by atoms with E-state index < -0.39 is 0 Å². The van der Waals surface area contributed by atoms with Gasteiger partial charge < -0.3 is 5.73 Å². The van der Waals surface area contributed by atoms with E-state index in [0.29, 0.717) is 30.0 Å². The summed E-state index contributed by atoms with van der Waals surface area (Å²) in [7, 11) is 0. The second kappa shape index (κ2) is 5.40. The summed E-state index contributed by atoms with van der Waals surface area (Å²) in [6, 6.07) is 10.3. The second-order valence-electron chi connectivity index (χ2n) is 4.45. The summed E-state index contributed by atoms with van der Waals surface area (Å²) in [6.45, 7) is 6.21. The van der Waals surface area contributed by atoms with E-state index in [0.717, 1.165) is 5.56 Å². The Bertz CT molecular complexity index is 629. The molecule has 2 aromatic rings. The van der Waals surface area contributed by atoms with Crippen molar-refractivity contribution in [3.63, 3.8) is 0 Å². The first-order valence-corrected chi connectivity index (χ1v) is 6.07. The van der Waals surface area contributed by atoms with Crippen molar-refractivity contribution < 1.29 is 0 Å². The number of rotatable bonds is 4. The van der Waals surface area contributed by atoms with Crippen LogP contribution in [0.1, 0.15) is 22.4 Å². The van der Waals surface area contributed by atoms with Crippen molar-refractivity contribution in [1.82, 2.24) is 9.78 Å². The molecule has 0 amide bonds. The van der Waals surface area contributed by atoms with E-state index in [1.54, 1.807) is 10.8 Å². The average Bonchev–Trinajstić information content (AvgIpc) is 2.69. The van der Waals surface area contributed by atoms with Crippen molar-refractivity contribution in [1.29, 1.82) is 5.26 Å². The van der Waals surface area contributed by atoms with Crippen molar-refractivity contribution in [2.45, 2.75) is 19.9 Å². The van der Waals surface area contributed by atoms with E-state index in [9.17, 15) is 5.26 Å². The van der Waals surface area contributed by atoms with Crippen LogP contribution in [0.15, 0.2) is 36.9 Å². The quantitative estimate of drug-likeness (QED) is 0.850. The van der Waals surface area contributed by atoms with Crippen LogP contribution in [0.2, 0.25) is 0 Å². The van der Waals surface area contributed by atoms with Crippen LogP contribution in [-0.2, 0) is 13.0 Å². The van der Waals surface area contributed by atoms with Gasteiger partial charge in [0.15, 0.2) is 0 Å². The maximum absolute atomic E-state index is 9.19. The number of nitrogens with zero attached hydrogens (tertiary/aromatic N) is 3. The second-order valence-corrected chi connectivity index (χ2v) is 4.45. The van der Waals surface area contributed by atoms with Gasteiger partial charge in [-0.05, 0) is 12.5 Å². The Balaban J connectivity index is 2.34. The Kier molecular flexibility index (Phi) is 3.67. The van der Waals surface area contributed by atoms with Gasteiger partial charge in [0, 0.05) is 6.42 Å². The van der Waals surface area contributed by atoms with Gasteiger partial charge in [-0.15, -0.1) is 6.58 Å². The number of allylic oxidation sites excluding steroid dienone is 1. The van der Waals surface area contributed by atoms with Gasteiger partial charge in [-0.1, -0.05) is 35.9 Å². The number of hydrogen-bond acceptors (Lipinski definition) is 3. The molecule has 19 heavy (non-hydrogen) atoms. The topological polar surface area (TPSA) is 67.6 Å². The fraction of sp³-hybridized carbons (Fsp3) is 0.200. The smallest absolute Gasteiger partial charge is 0.140 e. The van der Waals surface area contributed by atoms with E-state index >= 15 is 0 Å². The number of nitrogens with two attached hydrogens (primary N) is 1. The van der Waals surface area contributed by atoms with E-state index in [2.05, 4.69) is 17.7 Å². The number of aromatic nitrogens is 2. The number of anilines is 1. The molecule has 0 unspecified atom stereocenters. The summed E-state index contributed by atoms with van der Waals surface area (Å²) in [5.41, 5.74) is 9.41. The molecule has 0 aliphatic rings. The predicted octanol–water partition coefficient (Wildman–Crippen LogP) is 2.42. The van der Waals surface area contributed by atoms with Crippen LogP contribution in [0.3, 0.4) is 0 Å². The molecule has 0 atom stereocenters. The fourth-order valence-electron chi connectivity index (χ4n) is 1.93. The standard InChI is InChI=1S/C15H16N4/c1-3-8-19-15(17)13(10-16)14(18-19)9-12-6-4-11(2)5-7-12/h3-7H,1,8-9,17H2,2H3. The van der Waals surface area contributed by atoms with Crippen LogP contribution in [0.25, 0.3) is 0 Å². The summed E-state index contributed by atoms with van der Waals surface area (Å²) in [4.78, 5) is 0. The first kappa shape index (κ1) is 12.9. The lowest BCUT2D eigenvalue weighted by Gasteiger charge is -1.99. The average molecular weight is 252 g/mol. The minimum atomic E-state index is 0.407. The highest BCUT2D eigenvalue weighted by Crippen LogP contribution is 2.19. The summed E-state index contributed by atoms with van der Waals surface area (Å²) in [5, 5.41) is 13.6. The Hall–Kier alpha value is -2.54. The summed E-state index contributed by atoms with van der Waals surface area (Å²) < 4.78 is 1.61. The zero-order valence-electron chi connectivity index (χ0n) is 10.9. The molecule has 1 aromatic carbocycles. The third-order valence-electron chi connectivity index (χ3n) is 2.97. The van der Waals surface area contributed by atoms with Crippen LogP contribution in [0, 0.1) is 18.3 Å². The predicted molar refractivity (Wildman–Crippen MR) is 75.5 cm³/mol. The molecule has 1 heterocycles. The molecule has 0 radical (unpaired) electrons. The summed E-state index contributed by atoms with van der Waals surface area (Å²) >= 11 is 0. The van der Waals surface area contributed by atoms with E-state index in [1.807, 2.05) is 31.2 Å². The molecule has 0 aliphatic carbocycles. The third kappa shape index (κ3) is 2.66. The van der Waals surface area contributed by atoms with Crippen molar-refractivity contribution in [3.8, 4) is 6.07 Å². The summed E-state index contributed by atoms with van der Waals surface area (Å²) in [5.74, 6) is 0.407. The van der Waals surface area contributed by atoms with Crippen LogP contribution in [0.5, 0.6) is 0 Å². The molecule has 96 valence electrons. The lowest BCUT2D eigenvalue weighted by atomic mass is 10.1. The van der Waals surface area contributed by atoms with Gasteiger partial charge in [0.25, 0.3) is 0 Å². The number of benzene rings is 1. The number of nitrogen functional groups attached to an aromatic ring is 1. The monoisotopic (exact) mass is 252 g/mol. The van der Waals surface area contributed by atoms with Gasteiger partial charge in [-0.2, -0.15) is 10.4 Å². The molecule has 2 rings (SSSR count). The summed E-state index contributed by atoms with van der Waals surface area (Å²) in [6.07, 6.45) is 2.32. The van der Waals surface area contributed by atoms with Crippen molar-refractivity contribution in [2.24, 2.45) is 0 Å². The van der Waals surface area contributed by atoms with Crippen LogP contribution < -0.4 is 5.73 Å². The molecule has 0 fully saturated rings. The number of hydrogen-bond donors (Lipinski definition) is 1. The van der Waals surface area contributed by atoms with Crippen molar-refractivity contribution in [3.05, 3.63) is 59.3 Å². The highest BCUT2D eigenvalue weighted by atomic mass is 15.3. The van der Waals surface area contributed by atoms with Gasteiger partial charge in [0.2, 0.25) is 0 Å². The van der Waals surface area contributed by atoms with Gasteiger partial charge in [-0.25, -0.2) is 4.68 Å². The van der Waals surface area contributed by atoms with Crippen LogP contribution in [-0.4, -0.2) is 9.78 Å². The normalized spacial score (nSPS) is 10.1. The minimum Gasteiger partial charge on any atom is -0.383 e. The fourth-order valence-corrected chi connectivity index (χ4v) is 1.93. The highest BCUT2D eigenvalue weighted by molar-refractivity contribution is 5.53. The lowest BCUT2D eigenvalue weighted by Crippen LogP contribution is -2.03. The van der Waals surface area contributed by atoms with E-state index in [1.165, 1.54) is 5.56 Å². The Labute approximate surface area is 112 Å². The first-order valence-electron chi connectivity index (χ1n) is 6.07. The molecule has 0 spiro atoms. The molecule has 0 saturated heterocycles. The van der Waals surface area contributed by atoms with Crippen molar-refractivity contribution in [2.75, 3.05) is 5.73 Å². The molecule has 4 heteroatoms.